The Kier molecular flexibility index (Phi) is 4.84. The predicted octanol–water partition coefficient (Wildman–Crippen LogP) is 2.76. The molecule has 0 spiro atoms. The van der Waals surface area contributed by atoms with Crippen LogP contribution in [0.25, 0.3) is 0 Å². The topological polar surface area (TPSA) is 66.2 Å². The molecule has 0 unspecified atom stereocenters. The highest BCUT2D eigenvalue weighted by atomic mass is 127. The SMILES string of the molecule is C=C=CC1(OC(=O)c2c(I)nnn2[C@H](C)c2ccccc2)COC1. The fourth-order valence-electron chi connectivity index (χ4n) is 2.49. The van der Waals surface area contributed by atoms with Crippen molar-refractivity contribution in [2.24, 2.45) is 0 Å². The zero-order chi connectivity index (χ0) is 17.2. The summed E-state index contributed by atoms with van der Waals surface area (Å²) in [6, 6.07) is 9.65. The second-order valence-electron chi connectivity index (χ2n) is 5.56. The first-order valence-electron chi connectivity index (χ1n) is 7.40. The smallest absolute Gasteiger partial charge is 0.360 e. The average molecular weight is 437 g/mol. The van der Waals surface area contributed by atoms with Gasteiger partial charge in [0.25, 0.3) is 0 Å². The zero-order valence-corrected chi connectivity index (χ0v) is 15.3. The molecular weight excluding hydrogens is 421 g/mol. The van der Waals surface area contributed by atoms with Crippen molar-refractivity contribution in [2.45, 2.75) is 18.6 Å². The highest BCUT2D eigenvalue weighted by molar-refractivity contribution is 14.1. The van der Waals surface area contributed by atoms with Gasteiger partial charge in [-0.2, -0.15) is 0 Å². The largest absolute Gasteiger partial charge is 0.444 e. The molecular formula is C17H16IN3O3. The molecule has 24 heavy (non-hydrogen) atoms. The van der Waals surface area contributed by atoms with Gasteiger partial charge in [-0.3, -0.25) is 0 Å². The molecule has 0 N–H and O–H groups in total. The van der Waals surface area contributed by atoms with Gasteiger partial charge >= 0.3 is 5.97 Å². The number of aromatic nitrogens is 3. The summed E-state index contributed by atoms with van der Waals surface area (Å²) in [5.74, 6) is -0.484. The van der Waals surface area contributed by atoms with Gasteiger partial charge in [0.1, 0.15) is 0 Å². The number of ether oxygens (including phenoxy) is 2. The molecule has 1 saturated heterocycles. The van der Waals surface area contributed by atoms with Crippen LogP contribution in [0.15, 0.2) is 48.7 Å². The van der Waals surface area contributed by atoms with Crippen LogP contribution in [0.4, 0.5) is 0 Å². The van der Waals surface area contributed by atoms with Crippen LogP contribution in [0.5, 0.6) is 0 Å². The first kappa shape index (κ1) is 16.9. The number of carbonyl (C=O) groups is 1. The van der Waals surface area contributed by atoms with Gasteiger partial charge in [-0.15, -0.1) is 10.8 Å². The molecule has 1 atom stereocenters. The fourth-order valence-corrected chi connectivity index (χ4v) is 3.05. The van der Waals surface area contributed by atoms with E-state index < -0.39 is 11.6 Å². The molecule has 0 aliphatic carbocycles. The third-order valence-electron chi connectivity index (χ3n) is 3.85. The van der Waals surface area contributed by atoms with E-state index in [1.54, 1.807) is 10.8 Å². The first-order valence-corrected chi connectivity index (χ1v) is 8.48. The molecule has 3 rings (SSSR count). The maximum Gasteiger partial charge on any atom is 0.360 e. The predicted molar refractivity (Wildman–Crippen MR) is 95.7 cm³/mol. The standard InChI is InChI=1S/C17H16IN3O3/c1-3-9-17(10-23-11-17)24-16(22)14-15(18)19-20-21(14)12(2)13-7-5-4-6-8-13/h4-9,12H,1,10-11H2,2H3/t12-/m1/s1. The second kappa shape index (κ2) is 6.88. The summed E-state index contributed by atoms with van der Waals surface area (Å²) in [6.45, 7) is 6.10. The molecule has 1 aliphatic heterocycles. The maximum atomic E-state index is 12.7. The van der Waals surface area contributed by atoms with Crippen molar-refractivity contribution in [1.82, 2.24) is 15.0 Å². The minimum absolute atomic E-state index is 0.145. The van der Waals surface area contributed by atoms with Crippen LogP contribution in [0.2, 0.25) is 0 Å². The first-order chi connectivity index (χ1) is 11.6. The van der Waals surface area contributed by atoms with E-state index >= 15 is 0 Å². The van der Waals surface area contributed by atoms with Gasteiger partial charge in [0.2, 0.25) is 0 Å². The van der Waals surface area contributed by atoms with Crippen molar-refractivity contribution in [1.29, 1.82) is 0 Å². The summed E-state index contributed by atoms with van der Waals surface area (Å²) >= 11 is 1.99. The summed E-state index contributed by atoms with van der Waals surface area (Å²) < 4.78 is 12.9. The zero-order valence-electron chi connectivity index (χ0n) is 13.1. The molecule has 2 aromatic rings. The Morgan fingerprint density at radius 1 is 1.50 bits per heavy atom. The van der Waals surface area contributed by atoms with Gasteiger partial charge in [-0.25, -0.2) is 9.48 Å². The summed E-state index contributed by atoms with van der Waals surface area (Å²) in [6.07, 6.45) is 1.62. The molecule has 1 aromatic heterocycles. The van der Waals surface area contributed by atoms with E-state index in [1.165, 1.54) is 0 Å². The van der Waals surface area contributed by atoms with E-state index in [-0.39, 0.29) is 6.04 Å². The van der Waals surface area contributed by atoms with Crippen molar-refractivity contribution in [3.8, 4) is 0 Å². The highest BCUT2D eigenvalue weighted by Crippen LogP contribution is 2.27. The van der Waals surface area contributed by atoms with E-state index in [0.29, 0.717) is 22.6 Å². The number of esters is 1. The molecule has 0 radical (unpaired) electrons. The van der Waals surface area contributed by atoms with Crippen molar-refractivity contribution >= 4 is 28.6 Å². The van der Waals surface area contributed by atoms with Gasteiger partial charge < -0.3 is 9.47 Å². The number of nitrogens with zero attached hydrogens (tertiary/aromatic N) is 3. The number of carbonyl (C=O) groups excluding carboxylic acids is 1. The van der Waals surface area contributed by atoms with Crippen molar-refractivity contribution in [3.63, 3.8) is 0 Å². The van der Waals surface area contributed by atoms with Gasteiger partial charge in [0.05, 0.1) is 19.3 Å². The molecule has 0 bridgehead atoms. The summed E-state index contributed by atoms with van der Waals surface area (Å²) in [5, 5.41) is 8.16. The lowest BCUT2D eigenvalue weighted by Crippen LogP contribution is -2.51. The Labute approximate surface area is 153 Å². The minimum atomic E-state index is -0.799. The highest BCUT2D eigenvalue weighted by Gasteiger charge is 2.42. The second-order valence-corrected chi connectivity index (χ2v) is 6.58. The van der Waals surface area contributed by atoms with E-state index in [0.717, 1.165) is 5.56 Å². The van der Waals surface area contributed by atoms with E-state index in [4.69, 9.17) is 9.47 Å². The van der Waals surface area contributed by atoms with Crippen molar-refractivity contribution < 1.29 is 14.3 Å². The fraction of sp³-hybridized carbons (Fsp3) is 0.294. The summed E-state index contributed by atoms with van der Waals surface area (Å²) in [7, 11) is 0. The van der Waals surface area contributed by atoms with E-state index in [1.807, 2.05) is 59.8 Å². The molecule has 2 heterocycles. The third kappa shape index (κ3) is 3.15. The average Bonchev–Trinajstić information content (AvgIpc) is 2.94. The molecule has 1 aromatic carbocycles. The third-order valence-corrected chi connectivity index (χ3v) is 4.58. The molecule has 6 nitrogen and oxygen atoms in total. The lowest BCUT2D eigenvalue weighted by atomic mass is 10.0. The summed E-state index contributed by atoms with van der Waals surface area (Å²) in [4.78, 5) is 12.7. The quantitative estimate of drug-likeness (QED) is 0.409. The lowest BCUT2D eigenvalue weighted by molar-refractivity contribution is -0.152. The van der Waals surface area contributed by atoms with Crippen LogP contribution in [0.1, 0.15) is 29.0 Å². The van der Waals surface area contributed by atoms with Crippen LogP contribution < -0.4 is 0 Å². The Bertz CT molecular complexity index is 793. The normalized spacial score (nSPS) is 16.6. The van der Waals surface area contributed by atoms with Crippen LogP contribution in [0, 0.1) is 3.70 Å². The number of halogens is 1. The Morgan fingerprint density at radius 2 is 2.21 bits per heavy atom. The monoisotopic (exact) mass is 437 g/mol. The Balaban J connectivity index is 1.90. The minimum Gasteiger partial charge on any atom is -0.444 e. The van der Waals surface area contributed by atoms with Gasteiger partial charge in [-0.05, 0) is 35.1 Å². The molecule has 7 heteroatoms. The van der Waals surface area contributed by atoms with Crippen LogP contribution in [-0.2, 0) is 9.47 Å². The van der Waals surface area contributed by atoms with Crippen molar-refractivity contribution in [2.75, 3.05) is 13.2 Å². The lowest BCUT2D eigenvalue weighted by Gasteiger charge is -2.37. The van der Waals surface area contributed by atoms with Gasteiger partial charge in [-0.1, -0.05) is 42.1 Å². The molecule has 0 amide bonds. The molecule has 124 valence electrons. The molecule has 1 aliphatic rings. The van der Waals surface area contributed by atoms with Crippen LogP contribution in [-0.4, -0.2) is 39.8 Å². The molecule has 0 saturated carbocycles. The Morgan fingerprint density at radius 3 is 2.79 bits per heavy atom. The van der Waals surface area contributed by atoms with Crippen molar-refractivity contribution in [3.05, 3.63) is 63.7 Å². The van der Waals surface area contributed by atoms with E-state index in [2.05, 4.69) is 22.6 Å². The van der Waals surface area contributed by atoms with Crippen LogP contribution in [0.3, 0.4) is 0 Å². The summed E-state index contributed by atoms with van der Waals surface area (Å²) in [5.41, 5.74) is 3.23. The molecule has 1 fully saturated rings. The number of benzene rings is 1. The number of hydrogen-bond donors (Lipinski definition) is 0. The van der Waals surface area contributed by atoms with Crippen LogP contribution >= 0.6 is 22.6 Å². The Hall–Kier alpha value is -1.96. The van der Waals surface area contributed by atoms with E-state index in [9.17, 15) is 4.79 Å². The number of rotatable bonds is 5. The van der Waals surface area contributed by atoms with Gasteiger partial charge in [0, 0.05) is 6.08 Å². The number of hydrogen-bond acceptors (Lipinski definition) is 5. The van der Waals surface area contributed by atoms with Gasteiger partial charge in [0.15, 0.2) is 15.0 Å². The maximum absolute atomic E-state index is 12.7.